The van der Waals surface area contributed by atoms with Gasteiger partial charge in [0.05, 0.1) is 25.9 Å². The molecule has 1 aliphatic rings. The van der Waals surface area contributed by atoms with Crippen molar-refractivity contribution in [2.75, 3.05) is 19.7 Å². The molecular formula is C32H51N9O11. The summed E-state index contributed by atoms with van der Waals surface area (Å²) in [5.74, 6) is -8.09. The van der Waals surface area contributed by atoms with Crippen LogP contribution < -0.4 is 32.3 Å². The third-order valence-electron chi connectivity index (χ3n) is 8.13. The van der Waals surface area contributed by atoms with Gasteiger partial charge in [-0.2, -0.15) is 0 Å². The number of H-pyrrole nitrogens is 1. The largest absolute Gasteiger partial charge is 0.481 e. The number of aromatic amines is 1. The second-order valence-corrected chi connectivity index (χ2v) is 13.4. The maximum Gasteiger partial charge on any atom is 0.326 e. The second-order valence-electron chi connectivity index (χ2n) is 13.4. The highest BCUT2D eigenvalue weighted by Gasteiger charge is 2.40. The van der Waals surface area contributed by atoms with Gasteiger partial charge in [0, 0.05) is 24.9 Å². The number of hydrogen-bond donors (Lipinski definition) is 10. The monoisotopic (exact) mass is 737 g/mol. The minimum atomic E-state index is -1.70. The number of hydrogen-bond acceptors (Lipinski definition) is 11. The van der Waals surface area contributed by atoms with Crippen molar-refractivity contribution in [3.63, 3.8) is 0 Å². The van der Waals surface area contributed by atoms with E-state index in [1.54, 1.807) is 27.7 Å². The summed E-state index contributed by atoms with van der Waals surface area (Å²) in [6, 6.07) is -8.18. The molecule has 0 saturated carbocycles. The quantitative estimate of drug-likeness (QED) is 0.0601. The maximum absolute atomic E-state index is 13.6. The van der Waals surface area contributed by atoms with E-state index in [9.17, 15) is 53.7 Å². The molecule has 20 nitrogen and oxygen atoms in total. The van der Waals surface area contributed by atoms with Crippen LogP contribution >= 0.6 is 0 Å². The molecule has 0 aromatic carbocycles. The predicted molar refractivity (Wildman–Crippen MR) is 182 cm³/mol. The Kier molecular flexibility index (Phi) is 17.1. The molecule has 20 heteroatoms. The number of nitrogens with two attached hydrogens (primary N) is 1. The normalized spacial score (nSPS) is 17.0. The van der Waals surface area contributed by atoms with E-state index in [0.29, 0.717) is 12.1 Å². The molecule has 2 rings (SSSR count). The highest BCUT2D eigenvalue weighted by Crippen LogP contribution is 2.20. The molecule has 1 saturated heterocycles. The summed E-state index contributed by atoms with van der Waals surface area (Å²) in [6.07, 6.45) is 2.61. The lowest BCUT2D eigenvalue weighted by Crippen LogP contribution is -2.60. The lowest BCUT2D eigenvalue weighted by atomic mass is 10.0. The number of nitrogens with one attached hydrogen (secondary N) is 6. The topological polar surface area (TPSA) is 315 Å². The van der Waals surface area contributed by atoms with E-state index in [1.165, 1.54) is 17.4 Å². The third-order valence-corrected chi connectivity index (χ3v) is 8.13. The first kappa shape index (κ1) is 43.1. The van der Waals surface area contributed by atoms with Gasteiger partial charge in [-0.05, 0) is 37.5 Å². The van der Waals surface area contributed by atoms with Gasteiger partial charge < -0.3 is 57.5 Å². The van der Waals surface area contributed by atoms with Crippen LogP contribution in [0.1, 0.15) is 65.5 Å². The molecule has 1 aromatic rings. The minimum Gasteiger partial charge on any atom is -0.481 e. The number of aromatic nitrogens is 2. The van der Waals surface area contributed by atoms with Crippen LogP contribution in [0.25, 0.3) is 0 Å². The van der Waals surface area contributed by atoms with E-state index in [0.717, 1.165) is 0 Å². The predicted octanol–water partition coefficient (Wildman–Crippen LogP) is -3.03. The Hall–Kier alpha value is -5.11. The first-order valence-corrected chi connectivity index (χ1v) is 17.0. The number of aliphatic hydroxyl groups is 1. The van der Waals surface area contributed by atoms with Gasteiger partial charge in [-0.3, -0.25) is 33.6 Å². The van der Waals surface area contributed by atoms with Crippen molar-refractivity contribution < 1.29 is 53.7 Å². The van der Waals surface area contributed by atoms with Gasteiger partial charge in [-0.1, -0.05) is 27.7 Å². The smallest absolute Gasteiger partial charge is 0.326 e. The van der Waals surface area contributed by atoms with Crippen LogP contribution in [0, 0.1) is 11.8 Å². The van der Waals surface area contributed by atoms with Gasteiger partial charge in [-0.15, -0.1) is 0 Å². The SMILES string of the molecule is CC(C)C[C@H](NC(=O)[C@H](CO)NC(=O)[C@H](CC(C)C)NC(=O)[C@H](CC(=O)O)NC(=O)[C@@H]1CCCN1C(=O)[C@H](Cc1cnc[nH]1)NC(=O)CN)C(=O)O. The van der Waals surface area contributed by atoms with Crippen LogP contribution in [0.5, 0.6) is 0 Å². The van der Waals surface area contributed by atoms with Crippen molar-refractivity contribution in [3.05, 3.63) is 18.2 Å². The number of carboxylic acid groups (broad SMARTS) is 2. The maximum atomic E-state index is 13.6. The number of amides is 6. The lowest BCUT2D eigenvalue weighted by molar-refractivity contribution is -0.144. The van der Waals surface area contributed by atoms with Gasteiger partial charge in [0.1, 0.15) is 36.3 Å². The first-order chi connectivity index (χ1) is 24.5. The Morgan fingerprint density at radius 3 is 1.96 bits per heavy atom. The highest BCUT2D eigenvalue weighted by atomic mass is 16.4. The molecule has 52 heavy (non-hydrogen) atoms. The fourth-order valence-electron chi connectivity index (χ4n) is 5.63. The molecular weight excluding hydrogens is 686 g/mol. The van der Waals surface area contributed by atoms with E-state index in [2.05, 4.69) is 36.6 Å². The summed E-state index contributed by atoms with van der Waals surface area (Å²) in [5, 5.41) is 40.8. The van der Waals surface area contributed by atoms with Gasteiger partial charge in [0.15, 0.2) is 0 Å². The number of rotatable bonds is 21. The van der Waals surface area contributed by atoms with Crippen LogP contribution in [0.15, 0.2) is 12.5 Å². The van der Waals surface area contributed by atoms with E-state index in [4.69, 9.17) is 5.73 Å². The fourth-order valence-corrected chi connectivity index (χ4v) is 5.63. The zero-order valence-electron chi connectivity index (χ0n) is 29.7. The summed E-state index contributed by atoms with van der Waals surface area (Å²) in [6.45, 7) is 5.79. The van der Waals surface area contributed by atoms with E-state index in [-0.39, 0.29) is 44.1 Å². The molecule has 290 valence electrons. The Morgan fingerprint density at radius 2 is 1.42 bits per heavy atom. The lowest BCUT2D eigenvalue weighted by Gasteiger charge is -2.30. The molecule has 0 unspecified atom stereocenters. The minimum absolute atomic E-state index is 0.00662. The Bertz CT molecular complexity index is 1420. The Labute approximate surface area is 300 Å². The van der Waals surface area contributed by atoms with E-state index >= 15 is 0 Å². The number of aliphatic hydroxyl groups excluding tert-OH is 1. The molecule has 1 fully saturated rings. The van der Waals surface area contributed by atoms with Gasteiger partial charge >= 0.3 is 11.9 Å². The zero-order valence-corrected chi connectivity index (χ0v) is 29.7. The molecule has 2 heterocycles. The van der Waals surface area contributed by atoms with Crippen LogP contribution in [0.3, 0.4) is 0 Å². The molecule has 6 amide bonds. The summed E-state index contributed by atoms with van der Waals surface area (Å²) in [5.41, 5.74) is 5.95. The standard InChI is InChI=1S/C32H51N9O11/c1-16(2)8-19(27(46)40-23(14-42)29(48)39-22(32(51)52)9-17(3)4)37-28(47)20(11-26(44)45)38-30(49)24-6-5-7-41(24)31(50)21(36-25(43)12-33)10-18-13-34-15-35-18/h13,15-17,19-24,42H,5-12,14,33H2,1-4H3,(H,34,35)(H,36,43)(H,37,47)(H,38,49)(H,39,48)(H,40,46)(H,44,45)(H,51,52)/t19-,20-,21-,22-,23-,24-/m0/s1. The number of aliphatic carboxylic acids is 2. The number of carboxylic acids is 2. The fraction of sp³-hybridized carbons (Fsp3) is 0.656. The third kappa shape index (κ3) is 13.5. The van der Waals surface area contributed by atoms with Crippen LogP contribution in [-0.2, 0) is 44.8 Å². The van der Waals surface area contributed by atoms with Crippen molar-refractivity contribution in [1.29, 1.82) is 0 Å². The molecule has 1 aromatic heterocycles. The van der Waals surface area contributed by atoms with E-state index in [1.807, 2.05) is 0 Å². The van der Waals surface area contributed by atoms with Gasteiger partial charge in [0.25, 0.3) is 0 Å². The first-order valence-electron chi connectivity index (χ1n) is 17.0. The van der Waals surface area contributed by atoms with Crippen LogP contribution in [0.2, 0.25) is 0 Å². The summed E-state index contributed by atoms with van der Waals surface area (Å²) in [4.78, 5) is 110. The summed E-state index contributed by atoms with van der Waals surface area (Å²) in [7, 11) is 0. The zero-order chi connectivity index (χ0) is 39.1. The molecule has 0 bridgehead atoms. The van der Waals surface area contributed by atoms with Crippen molar-refractivity contribution in [3.8, 4) is 0 Å². The molecule has 1 aliphatic heterocycles. The van der Waals surface area contributed by atoms with Crippen molar-refractivity contribution in [2.24, 2.45) is 17.6 Å². The number of carbonyl (C=O) groups is 8. The van der Waals surface area contributed by atoms with Crippen molar-refractivity contribution in [2.45, 2.75) is 102 Å². The van der Waals surface area contributed by atoms with E-state index < -0.39 is 103 Å². The molecule has 0 radical (unpaired) electrons. The van der Waals surface area contributed by atoms with Crippen molar-refractivity contribution in [1.82, 2.24) is 41.5 Å². The van der Waals surface area contributed by atoms with Gasteiger partial charge in [-0.25, -0.2) is 9.78 Å². The number of likely N-dealkylation sites (tertiary alicyclic amines) is 1. The average Bonchev–Trinajstić information content (AvgIpc) is 3.77. The van der Waals surface area contributed by atoms with Crippen LogP contribution in [0.4, 0.5) is 0 Å². The van der Waals surface area contributed by atoms with Crippen molar-refractivity contribution >= 4 is 47.4 Å². The Morgan fingerprint density at radius 1 is 0.846 bits per heavy atom. The summed E-state index contributed by atoms with van der Waals surface area (Å²) < 4.78 is 0. The number of carbonyl (C=O) groups excluding carboxylic acids is 6. The second kappa shape index (κ2) is 20.7. The highest BCUT2D eigenvalue weighted by molar-refractivity contribution is 5.98. The number of nitrogens with zero attached hydrogens (tertiary/aromatic N) is 2. The Balaban J connectivity index is 2.22. The molecule has 0 spiro atoms. The molecule has 11 N–H and O–H groups in total. The average molecular weight is 738 g/mol. The number of imidazole rings is 1. The van der Waals surface area contributed by atoms with Gasteiger partial charge in [0.2, 0.25) is 35.4 Å². The summed E-state index contributed by atoms with van der Waals surface area (Å²) >= 11 is 0. The molecule has 0 aliphatic carbocycles. The molecule has 6 atom stereocenters. The van der Waals surface area contributed by atoms with Crippen LogP contribution in [-0.4, -0.2) is 134 Å².